The lowest BCUT2D eigenvalue weighted by Gasteiger charge is -2.32. The van der Waals surface area contributed by atoms with Gasteiger partial charge in [-0.25, -0.2) is 8.42 Å². The van der Waals surface area contributed by atoms with Crippen molar-refractivity contribution in [1.29, 1.82) is 0 Å². The Kier molecular flexibility index (Phi) is 11.3. The third-order valence-electron chi connectivity index (χ3n) is 6.23. The summed E-state index contributed by atoms with van der Waals surface area (Å²) in [6.07, 6.45) is 0. The minimum atomic E-state index is -4.23. The van der Waals surface area contributed by atoms with Crippen LogP contribution in [-0.4, -0.2) is 51.4 Å². The fourth-order valence-corrected chi connectivity index (χ4v) is 5.74. The Hall–Kier alpha value is -2.98. The number of nitrogens with zero attached hydrogens (tertiary/aromatic N) is 2. The van der Waals surface area contributed by atoms with Crippen LogP contribution in [0.25, 0.3) is 0 Å². The van der Waals surface area contributed by atoms with Crippen LogP contribution in [0.2, 0.25) is 15.1 Å². The second-order valence-corrected chi connectivity index (χ2v) is 12.9. The zero-order chi connectivity index (χ0) is 30.3. The van der Waals surface area contributed by atoms with Crippen molar-refractivity contribution < 1.29 is 22.7 Å². The zero-order valence-corrected chi connectivity index (χ0v) is 26.2. The van der Waals surface area contributed by atoms with Gasteiger partial charge in [-0.2, -0.15) is 0 Å². The highest BCUT2D eigenvalue weighted by Crippen LogP contribution is 2.28. The molecule has 1 atom stereocenters. The molecular formula is C29H32Cl3N3O5S. The molecule has 0 bridgehead atoms. The maximum absolute atomic E-state index is 13.9. The minimum Gasteiger partial charge on any atom is -0.497 e. The summed E-state index contributed by atoms with van der Waals surface area (Å²) in [4.78, 5) is 28.3. The van der Waals surface area contributed by atoms with E-state index in [2.05, 4.69) is 5.32 Å². The maximum atomic E-state index is 13.9. The summed E-state index contributed by atoms with van der Waals surface area (Å²) in [5, 5.41) is 3.88. The van der Waals surface area contributed by atoms with Crippen LogP contribution in [0.15, 0.2) is 71.6 Å². The first-order valence-corrected chi connectivity index (χ1v) is 15.3. The second kappa shape index (κ2) is 14.3. The number of carbonyl (C=O) groups is 2. The first-order valence-electron chi connectivity index (χ1n) is 12.8. The van der Waals surface area contributed by atoms with Crippen molar-refractivity contribution in [1.82, 2.24) is 10.2 Å². The number of benzene rings is 3. The number of sulfonamides is 1. The molecule has 1 unspecified atom stereocenters. The van der Waals surface area contributed by atoms with Crippen LogP contribution in [0.4, 0.5) is 5.69 Å². The Bertz CT molecular complexity index is 1470. The third kappa shape index (κ3) is 8.52. The number of ether oxygens (including phenoxy) is 1. The van der Waals surface area contributed by atoms with Gasteiger partial charge in [0.1, 0.15) is 18.3 Å². The molecule has 0 aliphatic heterocycles. The van der Waals surface area contributed by atoms with Crippen LogP contribution in [0.5, 0.6) is 5.75 Å². The standard InChI is InChI=1S/C29H32Cl3N3O5S/c1-19(2)16-33-29(37)20(3)34(17-21-5-14-26(31)27(32)15-21)28(36)18-35(23-8-6-22(30)7-9-23)41(38,39)25-12-10-24(40-4)11-13-25/h5-15,19-20H,16-18H2,1-4H3,(H,33,37). The number of methoxy groups -OCH3 is 1. The second-order valence-electron chi connectivity index (χ2n) is 9.75. The van der Waals surface area contributed by atoms with Crippen molar-refractivity contribution in [3.05, 3.63) is 87.4 Å². The fourth-order valence-electron chi connectivity index (χ4n) is 3.88. The molecule has 0 aliphatic rings. The molecule has 0 fully saturated rings. The molecule has 0 saturated carbocycles. The zero-order valence-electron chi connectivity index (χ0n) is 23.1. The predicted octanol–water partition coefficient (Wildman–Crippen LogP) is 6.04. The molecule has 12 heteroatoms. The Morgan fingerprint density at radius 3 is 2.10 bits per heavy atom. The number of rotatable bonds is 12. The molecule has 0 aromatic heterocycles. The average Bonchev–Trinajstić information content (AvgIpc) is 2.95. The summed E-state index contributed by atoms with van der Waals surface area (Å²) in [7, 11) is -2.75. The summed E-state index contributed by atoms with van der Waals surface area (Å²) in [6, 6.07) is 15.9. The molecule has 8 nitrogen and oxygen atoms in total. The molecule has 3 aromatic rings. The van der Waals surface area contributed by atoms with E-state index >= 15 is 0 Å². The number of hydrogen-bond acceptors (Lipinski definition) is 5. The van der Waals surface area contributed by atoms with E-state index in [4.69, 9.17) is 39.5 Å². The Morgan fingerprint density at radius 2 is 1.54 bits per heavy atom. The van der Waals surface area contributed by atoms with E-state index in [1.807, 2.05) is 13.8 Å². The minimum absolute atomic E-state index is 0.0109. The number of hydrogen-bond donors (Lipinski definition) is 1. The number of carbonyl (C=O) groups excluding carboxylic acids is 2. The highest BCUT2D eigenvalue weighted by atomic mass is 35.5. The van der Waals surface area contributed by atoms with Crippen molar-refractivity contribution >= 4 is 62.3 Å². The van der Waals surface area contributed by atoms with Gasteiger partial charge >= 0.3 is 0 Å². The van der Waals surface area contributed by atoms with Gasteiger partial charge in [0.15, 0.2) is 0 Å². The lowest BCUT2D eigenvalue weighted by atomic mass is 10.1. The van der Waals surface area contributed by atoms with Crippen LogP contribution in [0.3, 0.4) is 0 Å². The first kappa shape index (κ1) is 32.5. The van der Waals surface area contributed by atoms with E-state index in [1.165, 1.54) is 60.5 Å². The summed E-state index contributed by atoms with van der Waals surface area (Å²) in [5.74, 6) is -0.300. The molecule has 41 heavy (non-hydrogen) atoms. The first-order chi connectivity index (χ1) is 19.3. The summed E-state index contributed by atoms with van der Waals surface area (Å²) >= 11 is 18.3. The van der Waals surface area contributed by atoms with Crippen LogP contribution in [0.1, 0.15) is 26.3 Å². The summed E-state index contributed by atoms with van der Waals surface area (Å²) in [6.45, 7) is 5.33. The molecule has 0 heterocycles. The van der Waals surface area contributed by atoms with Crippen LogP contribution >= 0.6 is 34.8 Å². The highest BCUT2D eigenvalue weighted by Gasteiger charge is 2.32. The Morgan fingerprint density at radius 1 is 0.902 bits per heavy atom. The van der Waals surface area contributed by atoms with Crippen molar-refractivity contribution in [2.24, 2.45) is 5.92 Å². The number of nitrogens with one attached hydrogen (secondary N) is 1. The largest absolute Gasteiger partial charge is 0.497 e. The molecule has 2 amide bonds. The molecule has 220 valence electrons. The molecule has 0 aliphatic carbocycles. The van der Waals surface area contributed by atoms with Gasteiger partial charge in [-0.3, -0.25) is 13.9 Å². The van der Waals surface area contributed by atoms with Gasteiger partial charge in [-0.15, -0.1) is 0 Å². The molecule has 0 radical (unpaired) electrons. The van der Waals surface area contributed by atoms with Crippen LogP contribution < -0.4 is 14.4 Å². The Labute approximate surface area is 256 Å². The highest BCUT2D eigenvalue weighted by molar-refractivity contribution is 7.92. The van der Waals surface area contributed by atoms with E-state index in [0.29, 0.717) is 32.9 Å². The molecule has 1 N–H and O–H groups in total. The van der Waals surface area contributed by atoms with Gasteiger partial charge in [0.05, 0.1) is 27.7 Å². The van der Waals surface area contributed by atoms with E-state index in [0.717, 1.165) is 4.31 Å². The van der Waals surface area contributed by atoms with Crippen molar-refractivity contribution in [3.63, 3.8) is 0 Å². The third-order valence-corrected chi connectivity index (χ3v) is 9.01. The average molecular weight is 641 g/mol. The van der Waals surface area contributed by atoms with Crippen LogP contribution in [-0.2, 0) is 26.2 Å². The van der Waals surface area contributed by atoms with Crippen molar-refractivity contribution in [2.75, 3.05) is 24.5 Å². The molecule has 0 saturated heterocycles. The van der Waals surface area contributed by atoms with Crippen LogP contribution in [0, 0.1) is 5.92 Å². The van der Waals surface area contributed by atoms with Gasteiger partial charge in [0, 0.05) is 18.1 Å². The maximum Gasteiger partial charge on any atom is 0.264 e. The quantitative estimate of drug-likeness (QED) is 0.261. The topological polar surface area (TPSA) is 96.0 Å². The summed E-state index contributed by atoms with van der Waals surface area (Å²) in [5.41, 5.74) is 0.845. The Balaban J connectivity index is 2.02. The number of anilines is 1. The van der Waals surface area contributed by atoms with Gasteiger partial charge in [0.25, 0.3) is 10.0 Å². The van der Waals surface area contributed by atoms with E-state index in [1.54, 1.807) is 25.1 Å². The lowest BCUT2D eigenvalue weighted by molar-refractivity contribution is -0.139. The SMILES string of the molecule is COc1ccc(S(=O)(=O)N(CC(=O)N(Cc2ccc(Cl)c(Cl)c2)C(C)C(=O)NCC(C)C)c2ccc(Cl)cc2)cc1. The predicted molar refractivity (Wildman–Crippen MR) is 163 cm³/mol. The number of halogens is 3. The van der Waals surface area contributed by atoms with Gasteiger partial charge in [-0.1, -0.05) is 54.7 Å². The van der Waals surface area contributed by atoms with E-state index in [9.17, 15) is 18.0 Å². The lowest BCUT2D eigenvalue weighted by Crippen LogP contribution is -2.51. The normalized spacial score (nSPS) is 12.1. The molecular weight excluding hydrogens is 609 g/mol. The van der Waals surface area contributed by atoms with Gasteiger partial charge < -0.3 is 15.0 Å². The van der Waals surface area contributed by atoms with Gasteiger partial charge in [0.2, 0.25) is 11.8 Å². The van der Waals surface area contributed by atoms with E-state index in [-0.39, 0.29) is 29.0 Å². The molecule has 3 rings (SSSR count). The molecule has 0 spiro atoms. The molecule has 3 aromatic carbocycles. The number of amides is 2. The smallest absolute Gasteiger partial charge is 0.264 e. The fraction of sp³-hybridized carbons (Fsp3) is 0.310. The van der Waals surface area contributed by atoms with Crippen molar-refractivity contribution in [3.8, 4) is 5.75 Å². The van der Waals surface area contributed by atoms with E-state index < -0.39 is 28.5 Å². The monoisotopic (exact) mass is 639 g/mol. The summed E-state index contributed by atoms with van der Waals surface area (Å²) < 4.78 is 33.9. The van der Waals surface area contributed by atoms with Crippen molar-refractivity contribution in [2.45, 2.75) is 38.3 Å². The van der Waals surface area contributed by atoms with Gasteiger partial charge in [-0.05, 0) is 79.1 Å².